The average molecular weight is 261 g/mol. The predicted molar refractivity (Wildman–Crippen MR) is 69.9 cm³/mol. The van der Waals surface area contributed by atoms with Crippen molar-refractivity contribution in [3.05, 3.63) is 17.0 Å². The molecule has 5 heteroatoms. The van der Waals surface area contributed by atoms with E-state index in [-0.39, 0.29) is 5.69 Å². The largest absolute Gasteiger partial charge is 0.477 e. The van der Waals surface area contributed by atoms with Crippen LogP contribution < -0.4 is 0 Å². The van der Waals surface area contributed by atoms with Gasteiger partial charge in [0, 0.05) is 18.5 Å². The number of carboxylic acid groups (broad SMARTS) is 1. The van der Waals surface area contributed by atoms with Crippen LogP contribution in [-0.4, -0.2) is 26.7 Å². The lowest BCUT2D eigenvalue weighted by atomic mass is 10.2. The van der Waals surface area contributed by atoms with E-state index in [1.165, 1.54) is 23.9 Å². The summed E-state index contributed by atoms with van der Waals surface area (Å²) in [7, 11) is 1.63. The normalized spacial score (nSPS) is 9.71. The molecule has 0 saturated carbocycles. The Morgan fingerprint density at radius 3 is 2.18 bits per heavy atom. The summed E-state index contributed by atoms with van der Waals surface area (Å²) < 4.78 is 1.38. The molecule has 0 aromatic carbocycles. The maximum atomic E-state index is 10.6. The summed E-state index contributed by atoms with van der Waals surface area (Å²) in [6.45, 7) is 5.72. The molecular formula is C12H21ClN2O2. The molecule has 0 saturated heterocycles. The summed E-state index contributed by atoms with van der Waals surface area (Å²) in [4.78, 5) is 10.6. The number of carboxylic acids is 1. The molecule has 1 heterocycles. The van der Waals surface area contributed by atoms with Gasteiger partial charge in [0.1, 0.15) is 5.69 Å². The number of rotatable bonds is 4. The Bertz CT molecular complexity index is 358. The Kier molecular flexibility index (Phi) is 7.63. The van der Waals surface area contributed by atoms with Crippen molar-refractivity contribution >= 4 is 17.6 Å². The molecule has 0 radical (unpaired) electrons. The number of aryl methyl sites for hydroxylation is 2. The number of hydrogen-bond donors (Lipinski definition) is 1. The van der Waals surface area contributed by atoms with Gasteiger partial charge in [-0.2, -0.15) is 5.10 Å². The summed E-state index contributed by atoms with van der Waals surface area (Å²) in [6.07, 6.45) is 3.73. The van der Waals surface area contributed by atoms with Crippen molar-refractivity contribution < 1.29 is 9.90 Å². The molecule has 4 nitrogen and oxygen atoms in total. The molecule has 1 aromatic rings. The first-order chi connectivity index (χ1) is 7.95. The van der Waals surface area contributed by atoms with Crippen molar-refractivity contribution in [3.8, 4) is 0 Å². The first kappa shape index (κ1) is 16.0. The number of halogens is 1. The highest BCUT2D eigenvalue weighted by atomic mass is 35.5. The maximum Gasteiger partial charge on any atom is 0.354 e. The molecule has 1 aromatic heterocycles. The van der Waals surface area contributed by atoms with Crippen molar-refractivity contribution in [2.75, 3.05) is 5.88 Å². The number of aromatic nitrogens is 2. The first-order valence-electron chi connectivity index (χ1n) is 5.75. The monoisotopic (exact) mass is 260 g/mol. The third-order valence-electron chi connectivity index (χ3n) is 2.46. The zero-order chi connectivity index (χ0) is 13.4. The van der Waals surface area contributed by atoms with E-state index in [0.29, 0.717) is 0 Å². The fourth-order valence-electron chi connectivity index (χ4n) is 1.41. The van der Waals surface area contributed by atoms with Gasteiger partial charge in [-0.15, -0.1) is 11.6 Å². The van der Waals surface area contributed by atoms with Crippen LogP contribution in [-0.2, 0) is 7.05 Å². The van der Waals surface area contributed by atoms with Crippen LogP contribution in [0, 0.1) is 13.8 Å². The Balaban J connectivity index is 0.000000366. The number of carbonyl (C=O) groups is 1. The standard InChI is InChI=1S/C7H10N2O2.C5H11Cl/c1-4-5(2)8-9(3)6(4)7(10)11;1-2-3-4-5-6/h1-3H3,(H,10,11);2-5H2,1H3. The molecule has 0 aliphatic rings. The Labute approximate surface area is 108 Å². The van der Waals surface area contributed by atoms with Gasteiger partial charge in [-0.3, -0.25) is 4.68 Å². The SMILES string of the molecule is CCCCCCl.Cc1nn(C)c(C(=O)O)c1C. The highest BCUT2D eigenvalue weighted by Gasteiger charge is 2.14. The molecule has 1 N–H and O–H groups in total. The molecule has 0 spiro atoms. The average Bonchev–Trinajstić information content (AvgIpc) is 2.51. The van der Waals surface area contributed by atoms with Gasteiger partial charge in [-0.05, 0) is 20.3 Å². The van der Waals surface area contributed by atoms with Gasteiger partial charge in [0.05, 0.1) is 5.69 Å². The quantitative estimate of drug-likeness (QED) is 0.668. The smallest absolute Gasteiger partial charge is 0.354 e. The van der Waals surface area contributed by atoms with E-state index in [9.17, 15) is 4.79 Å². The minimum atomic E-state index is -0.925. The van der Waals surface area contributed by atoms with E-state index < -0.39 is 5.97 Å². The van der Waals surface area contributed by atoms with E-state index in [0.717, 1.165) is 17.1 Å². The van der Waals surface area contributed by atoms with E-state index >= 15 is 0 Å². The molecule has 0 bridgehead atoms. The lowest BCUT2D eigenvalue weighted by molar-refractivity contribution is 0.0684. The zero-order valence-corrected chi connectivity index (χ0v) is 11.7. The summed E-state index contributed by atoms with van der Waals surface area (Å²) in [5, 5.41) is 12.7. The molecule has 0 unspecified atom stereocenters. The van der Waals surface area contributed by atoms with Crippen LogP contribution >= 0.6 is 11.6 Å². The Morgan fingerprint density at radius 2 is 2.00 bits per heavy atom. The molecule has 98 valence electrons. The van der Waals surface area contributed by atoms with Gasteiger partial charge in [0.25, 0.3) is 0 Å². The van der Waals surface area contributed by atoms with Crippen LogP contribution in [0.1, 0.15) is 47.9 Å². The molecule has 0 aliphatic heterocycles. The summed E-state index contributed by atoms with van der Waals surface area (Å²) in [5.74, 6) is -0.0981. The van der Waals surface area contributed by atoms with Crippen LogP contribution in [0.3, 0.4) is 0 Å². The van der Waals surface area contributed by atoms with Gasteiger partial charge in [0.15, 0.2) is 0 Å². The lowest BCUT2D eigenvalue weighted by Gasteiger charge is -1.94. The highest BCUT2D eigenvalue weighted by molar-refractivity contribution is 6.17. The molecule has 0 amide bonds. The highest BCUT2D eigenvalue weighted by Crippen LogP contribution is 2.10. The number of aromatic carboxylic acids is 1. The Morgan fingerprint density at radius 1 is 1.41 bits per heavy atom. The second-order valence-electron chi connectivity index (χ2n) is 3.88. The van der Waals surface area contributed by atoms with Crippen LogP contribution in [0.4, 0.5) is 0 Å². The van der Waals surface area contributed by atoms with E-state index in [2.05, 4.69) is 12.0 Å². The van der Waals surface area contributed by atoms with Crippen LogP contribution in [0.25, 0.3) is 0 Å². The minimum Gasteiger partial charge on any atom is -0.477 e. The predicted octanol–water partition coefficient (Wildman–Crippen LogP) is 3.15. The van der Waals surface area contributed by atoms with Crippen molar-refractivity contribution in [1.29, 1.82) is 0 Å². The Hall–Kier alpha value is -1.03. The minimum absolute atomic E-state index is 0.266. The summed E-state index contributed by atoms with van der Waals surface area (Å²) in [5.41, 5.74) is 1.77. The van der Waals surface area contributed by atoms with Crippen molar-refractivity contribution in [1.82, 2.24) is 9.78 Å². The van der Waals surface area contributed by atoms with Crippen LogP contribution in [0.2, 0.25) is 0 Å². The number of unbranched alkanes of at least 4 members (excludes halogenated alkanes) is 2. The lowest BCUT2D eigenvalue weighted by Crippen LogP contribution is -2.06. The number of alkyl halides is 1. The van der Waals surface area contributed by atoms with E-state index in [4.69, 9.17) is 16.7 Å². The summed E-state index contributed by atoms with van der Waals surface area (Å²) >= 11 is 5.38. The fraction of sp³-hybridized carbons (Fsp3) is 0.667. The summed E-state index contributed by atoms with van der Waals surface area (Å²) in [6, 6.07) is 0. The second-order valence-corrected chi connectivity index (χ2v) is 4.26. The third kappa shape index (κ3) is 5.22. The second kappa shape index (κ2) is 8.12. The van der Waals surface area contributed by atoms with Gasteiger partial charge in [0.2, 0.25) is 0 Å². The molecule has 0 atom stereocenters. The van der Waals surface area contributed by atoms with Gasteiger partial charge >= 0.3 is 5.97 Å². The first-order valence-corrected chi connectivity index (χ1v) is 6.28. The fourth-order valence-corrected chi connectivity index (χ4v) is 1.60. The topological polar surface area (TPSA) is 55.1 Å². The molecule has 0 aliphatic carbocycles. The number of hydrogen-bond acceptors (Lipinski definition) is 2. The zero-order valence-electron chi connectivity index (χ0n) is 11.0. The molecule has 17 heavy (non-hydrogen) atoms. The van der Waals surface area contributed by atoms with Crippen LogP contribution in [0.15, 0.2) is 0 Å². The van der Waals surface area contributed by atoms with Gasteiger partial charge < -0.3 is 5.11 Å². The van der Waals surface area contributed by atoms with Gasteiger partial charge in [-0.1, -0.05) is 19.8 Å². The van der Waals surface area contributed by atoms with Crippen molar-refractivity contribution in [2.45, 2.75) is 40.0 Å². The maximum absolute atomic E-state index is 10.6. The van der Waals surface area contributed by atoms with Crippen molar-refractivity contribution in [2.24, 2.45) is 7.05 Å². The van der Waals surface area contributed by atoms with Crippen LogP contribution in [0.5, 0.6) is 0 Å². The third-order valence-corrected chi connectivity index (χ3v) is 2.73. The van der Waals surface area contributed by atoms with Crippen molar-refractivity contribution in [3.63, 3.8) is 0 Å². The molecular weight excluding hydrogens is 240 g/mol. The van der Waals surface area contributed by atoms with E-state index in [1.807, 2.05) is 0 Å². The molecule has 0 fully saturated rings. The molecule has 1 rings (SSSR count). The number of nitrogens with zero attached hydrogens (tertiary/aromatic N) is 2. The van der Waals surface area contributed by atoms with E-state index in [1.54, 1.807) is 20.9 Å². The van der Waals surface area contributed by atoms with Gasteiger partial charge in [-0.25, -0.2) is 4.79 Å².